The third-order valence-electron chi connectivity index (χ3n) is 3.53. The van der Waals surface area contributed by atoms with Crippen LogP contribution >= 0.6 is 11.3 Å². The van der Waals surface area contributed by atoms with E-state index in [1.165, 1.54) is 11.3 Å². The summed E-state index contributed by atoms with van der Waals surface area (Å²) in [5.41, 5.74) is 10.8. The van der Waals surface area contributed by atoms with Gasteiger partial charge in [0.2, 0.25) is 5.82 Å². The third-order valence-corrected chi connectivity index (χ3v) is 4.35. The van der Waals surface area contributed by atoms with Crippen LogP contribution < -0.4 is 11.5 Å². The number of rotatable bonds is 4. The maximum absolute atomic E-state index is 11.1. The van der Waals surface area contributed by atoms with Crippen LogP contribution in [0.15, 0.2) is 12.5 Å². The zero-order chi connectivity index (χ0) is 14.8. The Morgan fingerprint density at radius 2 is 2.33 bits per heavy atom. The summed E-state index contributed by atoms with van der Waals surface area (Å²) in [6, 6.07) is 0.213. The summed E-state index contributed by atoms with van der Waals surface area (Å²) in [6.45, 7) is 2.73. The Balaban J connectivity index is 1.66. The molecule has 1 amide bonds. The predicted molar refractivity (Wildman–Crippen MR) is 78.6 cm³/mol. The lowest BCUT2D eigenvalue weighted by molar-refractivity contribution is 0.0989. The molecular formula is C12H17N7OS. The van der Waals surface area contributed by atoms with Crippen molar-refractivity contribution in [3.63, 3.8) is 0 Å². The van der Waals surface area contributed by atoms with Crippen LogP contribution in [0.2, 0.25) is 0 Å². The number of hydrogen-bond donors (Lipinski definition) is 2. The van der Waals surface area contributed by atoms with Crippen LogP contribution in [0.3, 0.4) is 0 Å². The van der Waals surface area contributed by atoms with Crippen LogP contribution in [0.4, 0.5) is 5.13 Å². The van der Waals surface area contributed by atoms with Gasteiger partial charge in [-0.3, -0.25) is 9.69 Å². The highest BCUT2D eigenvalue weighted by molar-refractivity contribution is 7.15. The van der Waals surface area contributed by atoms with Crippen molar-refractivity contribution >= 4 is 22.4 Å². The van der Waals surface area contributed by atoms with Gasteiger partial charge in [-0.15, -0.1) is 16.4 Å². The number of piperidine rings is 1. The number of anilines is 1. The number of hydrogen-bond acceptors (Lipinski definition) is 7. The van der Waals surface area contributed by atoms with E-state index in [-0.39, 0.29) is 11.9 Å². The van der Waals surface area contributed by atoms with E-state index in [1.54, 1.807) is 11.0 Å². The van der Waals surface area contributed by atoms with Crippen LogP contribution in [0.1, 0.15) is 34.4 Å². The van der Waals surface area contributed by atoms with E-state index in [4.69, 9.17) is 11.5 Å². The average Bonchev–Trinajstić information content (AvgIpc) is 3.08. The molecule has 8 nitrogen and oxygen atoms in total. The number of likely N-dealkylation sites (tertiary alicyclic amines) is 1. The second-order valence-corrected chi connectivity index (χ2v) is 6.26. The van der Waals surface area contributed by atoms with Gasteiger partial charge in [0.15, 0.2) is 5.13 Å². The summed E-state index contributed by atoms with van der Waals surface area (Å²) in [6.07, 6.45) is 5.50. The SMILES string of the molecule is NC(=O)c1ncn(C2CCCN(Cc3cnc(N)s3)C2)n1. The number of thiazole rings is 1. The molecule has 3 heterocycles. The van der Waals surface area contributed by atoms with E-state index in [0.29, 0.717) is 5.13 Å². The first-order chi connectivity index (χ1) is 10.1. The monoisotopic (exact) mass is 307 g/mol. The lowest BCUT2D eigenvalue weighted by Gasteiger charge is -2.32. The van der Waals surface area contributed by atoms with E-state index >= 15 is 0 Å². The molecule has 112 valence electrons. The lowest BCUT2D eigenvalue weighted by Crippen LogP contribution is -2.36. The molecular weight excluding hydrogens is 290 g/mol. The molecule has 1 aliphatic rings. The van der Waals surface area contributed by atoms with Gasteiger partial charge in [0.1, 0.15) is 6.33 Å². The fraction of sp³-hybridized carbons (Fsp3) is 0.500. The topological polar surface area (TPSA) is 116 Å². The molecule has 1 aliphatic heterocycles. The van der Waals surface area contributed by atoms with E-state index in [1.807, 2.05) is 6.20 Å². The summed E-state index contributed by atoms with van der Waals surface area (Å²) in [5.74, 6) is -0.524. The van der Waals surface area contributed by atoms with Crippen molar-refractivity contribution in [3.8, 4) is 0 Å². The maximum Gasteiger partial charge on any atom is 0.288 e. The van der Waals surface area contributed by atoms with Crippen molar-refractivity contribution in [2.24, 2.45) is 5.73 Å². The summed E-state index contributed by atoms with van der Waals surface area (Å²) < 4.78 is 1.74. The first-order valence-corrected chi connectivity index (χ1v) is 7.57. The maximum atomic E-state index is 11.1. The van der Waals surface area contributed by atoms with Gasteiger partial charge >= 0.3 is 0 Å². The number of carbonyl (C=O) groups is 1. The molecule has 9 heteroatoms. The molecule has 0 saturated carbocycles. The number of carbonyl (C=O) groups excluding carboxylic acids is 1. The average molecular weight is 307 g/mol. The van der Waals surface area contributed by atoms with Crippen LogP contribution in [0.25, 0.3) is 0 Å². The molecule has 1 fully saturated rings. The summed E-state index contributed by atoms with van der Waals surface area (Å²) in [7, 11) is 0. The molecule has 2 aromatic heterocycles. The molecule has 21 heavy (non-hydrogen) atoms. The Morgan fingerprint density at radius 1 is 1.48 bits per heavy atom. The quantitative estimate of drug-likeness (QED) is 0.836. The van der Waals surface area contributed by atoms with E-state index in [9.17, 15) is 4.79 Å². The molecule has 0 bridgehead atoms. The van der Waals surface area contributed by atoms with Crippen LogP contribution in [0.5, 0.6) is 0 Å². The van der Waals surface area contributed by atoms with Gasteiger partial charge in [0, 0.05) is 24.2 Å². The van der Waals surface area contributed by atoms with Crippen LogP contribution in [0, 0.1) is 0 Å². The van der Waals surface area contributed by atoms with Gasteiger partial charge < -0.3 is 11.5 Å². The minimum absolute atomic E-state index is 0.0716. The molecule has 3 rings (SSSR count). The first kappa shape index (κ1) is 14.0. The number of amides is 1. The van der Waals surface area contributed by atoms with Crippen molar-refractivity contribution in [2.45, 2.75) is 25.4 Å². The highest BCUT2D eigenvalue weighted by Crippen LogP contribution is 2.24. The number of nitrogen functional groups attached to an aromatic ring is 1. The van der Waals surface area contributed by atoms with Crippen LogP contribution in [-0.4, -0.2) is 43.6 Å². The van der Waals surface area contributed by atoms with Crippen molar-refractivity contribution in [2.75, 3.05) is 18.8 Å². The molecule has 1 atom stereocenters. The Bertz CT molecular complexity index is 637. The van der Waals surface area contributed by atoms with Gasteiger partial charge in [0.25, 0.3) is 5.91 Å². The summed E-state index contributed by atoms with van der Waals surface area (Å²) >= 11 is 1.52. The van der Waals surface area contributed by atoms with Crippen molar-refractivity contribution in [1.82, 2.24) is 24.6 Å². The van der Waals surface area contributed by atoms with Gasteiger partial charge in [-0.1, -0.05) is 0 Å². The summed E-state index contributed by atoms with van der Waals surface area (Å²) in [4.78, 5) is 22.6. The minimum atomic E-state index is -0.596. The van der Waals surface area contributed by atoms with E-state index in [0.717, 1.165) is 37.4 Å². The van der Waals surface area contributed by atoms with Crippen LogP contribution in [-0.2, 0) is 6.54 Å². The first-order valence-electron chi connectivity index (χ1n) is 6.75. The Labute approximate surface area is 125 Å². The largest absolute Gasteiger partial charge is 0.375 e. The van der Waals surface area contributed by atoms with Gasteiger partial charge in [-0.05, 0) is 19.4 Å². The third kappa shape index (κ3) is 3.19. The molecule has 1 saturated heterocycles. The van der Waals surface area contributed by atoms with E-state index in [2.05, 4.69) is 20.0 Å². The predicted octanol–water partition coefficient (Wildman–Crippen LogP) is 0.253. The molecule has 2 aromatic rings. The van der Waals surface area contributed by atoms with Gasteiger partial charge in [0.05, 0.1) is 6.04 Å². The Morgan fingerprint density at radius 3 is 3.00 bits per heavy atom. The normalized spacial score (nSPS) is 19.7. The Kier molecular flexibility index (Phi) is 3.84. The highest BCUT2D eigenvalue weighted by atomic mass is 32.1. The molecule has 4 N–H and O–H groups in total. The fourth-order valence-electron chi connectivity index (χ4n) is 2.57. The molecule has 0 aliphatic carbocycles. The molecule has 0 aromatic carbocycles. The zero-order valence-electron chi connectivity index (χ0n) is 11.5. The van der Waals surface area contributed by atoms with E-state index < -0.39 is 5.91 Å². The number of primary amides is 1. The molecule has 1 unspecified atom stereocenters. The van der Waals surface area contributed by atoms with Crippen molar-refractivity contribution in [3.05, 3.63) is 23.2 Å². The number of nitrogens with two attached hydrogens (primary N) is 2. The number of aromatic nitrogens is 4. The van der Waals surface area contributed by atoms with Gasteiger partial charge in [-0.25, -0.2) is 14.6 Å². The molecule has 0 spiro atoms. The second-order valence-electron chi connectivity index (χ2n) is 5.11. The highest BCUT2D eigenvalue weighted by Gasteiger charge is 2.23. The second kappa shape index (κ2) is 5.78. The minimum Gasteiger partial charge on any atom is -0.375 e. The lowest BCUT2D eigenvalue weighted by atomic mass is 10.1. The van der Waals surface area contributed by atoms with Crippen molar-refractivity contribution < 1.29 is 4.79 Å². The number of nitrogens with zero attached hydrogens (tertiary/aromatic N) is 5. The van der Waals surface area contributed by atoms with Crippen molar-refractivity contribution in [1.29, 1.82) is 0 Å². The zero-order valence-corrected chi connectivity index (χ0v) is 12.3. The summed E-state index contributed by atoms with van der Waals surface area (Å²) in [5, 5.41) is 4.75. The smallest absolute Gasteiger partial charge is 0.288 e. The Hall–Kier alpha value is -2.00. The standard InChI is InChI=1S/C12H17N7OS/c13-10(20)11-16-7-19(17-11)8-2-1-3-18(5-8)6-9-4-15-12(14)21-9/h4,7-8H,1-3,5-6H2,(H2,13,20)(H2,14,15). The van der Waals surface area contributed by atoms with Gasteiger partial charge in [-0.2, -0.15) is 0 Å². The molecule has 0 radical (unpaired) electrons. The fourth-order valence-corrected chi connectivity index (χ4v) is 3.30.